The second kappa shape index (κ2) is 5.14. The predicted octanol–water partition coefficient (Wildman–Crippen LogP) is 3.01. The molecule has 0 aliphatic heterocycles. The lowest BCUT2D eigenvalue weighted by atomic mass is 10.1. The maximum Gasteiger partial charge on any atom is 0.182 e. The summed E-state index contributed by atoms with van der Waals surface area (Å²) in [7, 11) is -3.36. The summed E-state index contributed by atoms with van der Waals surface area (Å²) in [4.78, 5) is 0.229. The normalized spacial score (nSPS) is 15.3. The quantitative estimate of drug-likeness (QED) is 0.893. The third-order valence-electron chi connectivity index (χ3n) is 3.50. The molecule has 1 N–H and O–H groups in total. The first kappa shape index (κ1) is 14.6. The fraction of sp³-hybridized carbons (Fsp3) is 0.357. The second-order valence-corrected chi connectivity index (χ2v) is 8.22. The van der Waals surface area contributed by atoms with Crippen molar-refractivity contribution in [3.8, 4) is 5.75 Å². The van der Waals surface area contributed by atoms with Gasteiger partial charge < -0.3 is 9.63 Å². The Balaban J connectivity index is 1.98. The molecule has 112 valence electrons. The SMILES string of the molecule is CS(=O)(=O)c1cc(Br)ccc1Cc1noc(C2CC2)c1O. The first-order valence-corrected chi connectivity index (χ1v) is 9.20. The number of sulfone groups is 1. The van der Waals surface area contributed by atoms with Crippen LogP contribution >= 0.6 is 15.9 Å². The molecule has 1 aliphatic rings. The van der Waals surface area contributed by atoms with Gasteiger partial charge in [0, 0.05) is 23.1 Å². The van der Waals surface area contributed by atoms with E-state index < -0.39 is 9.84 Å². The molecule has 5 nitrogen and oxygen atoms in total. The Morgan fingerprint density at radius 2 is 2.14 bits per heavy atom. The molecule has 0 spiro atoms. The van der Waals surface area contributed by atoms with Crippen molar-refractivity contribution in [2.45, 2.75) is 30.1 Å². The van der Waals surface area contributed by atoms with Crippen LogP contribution < -0.4 is 0 Å². The molecule has 2 aromatic rings. The fourth-order valence-electron chi connectivity index (χ4n) is 2.26. The first-order valence-electron chi connectivity index (χ1n) is 6.52. The fourth-order valence-corrected chi connectivity index (χ4v) is 3.73. The Kier molecular flexibility index (Phi) is 3.57. The number of hydrogen-bond acceptors (Lipinski definition) is 5. The van der Waals surface area contributed by atoms with Gasteiger partial charge in [0.1, 0.15) is 5.69 Å². The molecule has 1 aromatic carbocycles. The van der Waals surface area contributed by atoms with E-state index in [-0.39, 0.29) is 23.0 Å². The summed E-state index contributed by atoms with van der Waals surface area (Å²) in [6.07, 6.45) is 3.37. The van der Waals surface area contributed by atoms with Crippen LogP contribution in [0.2, 0.25) is 0 Å². The summed E-state index contributed by atoms with van der Waals surface area (Å²) in [6, 6.07) is 5.04. The average Bonchev–Trinajstić information content (AvgIpc) is 3.17. The van der Waals surface area contributed by atoms with Gasteiger partial charge in [0.15, 0.2) is 21.3 Å². The third kappa shape index (κ3) is 2.98. The first-order chi connectivity index (χ1) is 9.86. The Morgan fingerprint density at radius 3 is 2.76 bits per heavy atom. The number of aromatic hydroxyl groups is 1. The summed E-state index contributed by atoms with van der Waals surface area (Å²) in [6.45, 7) is 0. The zero-order valence-electron chi connectivity index (χ0n) is 11.3. The van der Waals surface area contributed by atoms with E-state index in [2.05, 4.69) is 21.1 Å². The lowest BCUT2D eigenvalue weighted by Gasteiger charge is -2.07. The van der Waals surface area contributed by atoms with Gasteiger partial charge >= 0.3 is 0 Å². The molecule has 7 heteroatoms. The van der Waals surface area contributed by atoms with Crippen LogP contribution in [0.1, 0.15) is 35.8 Å². The van der Waals surface area contributed by atoms with Crippen LogP contribution in [-0.2, 0) is 16.3 Å². The summed E-state index contributed by atoms with van der Waals surface area (Å²) in [5, 5.41) is 14.0. The Labute approximate surface area is 131 Å². The number of hydrogen-bond donors (Lipinski definition) is 1. The largest absolute Gasteiger partial charge is 0.503 e. The van der Waals surface area contributed by atoms with E-state index in [0.717, 1.165) is 19.1 Å². The maximum atomic E-state index is 11.9. The van der Waals surface area contributed by atoms with Gasteiger partial charge in [0.2, 0.25) is 0 Å². The van der Waals surface area contributed by atoms with Gasteiger partial charge in [-0.1, -0.05) is 27.2 Å². The molecule has 1 aliphatic carbocycles. The van der Waals surface area contributed by atoms with E-state index in [1.807, 2.05) is 0 Å². The van der Waals surface area contributed by atoms with Crippen LogP contribution in [0.3, 0.4) is 0 Å². The molecule has 0 bridgehead atoms. The monoisotopic (exact) mass is 371 g/mol. The van der Waals surface area contributed by atoms with Crippen molar-refractivity contribution < 1.29 is 18.0 Å². The average molecular weight is 372 g/mol. The minimum Gasteiger partial charge on any atom is -0.503 e. The minimum absolute atomic E-state index is 0.0554. The summed E-state index contributed by atoms with van der Waals surface area (Å²) < 4.78 is 29.6. The number of benzene rings is 1. The van der Waals surface area contributed by atoms with Crippen LogP contribution in [0.4, 0.5) is 0 Å². The van der Waals surface area contributed by atoms with E-state index in [4.69, 9.17) is 4.52 Å². The van der Waals surface area contributed by atoms with E-state index in [9.17, 15) is 13.5 Å². The van der Waals surface area contributed by atoms with Crippen molar-refractivity contribution in [2.24, 2.45) is 0 Å². The molecular weight excluding hydrogens is 358 g/mol. The topological polar surface area (TPSA) is 80.4 Å². The van der Waals surface area contributed by atoms with Crippen molar-refractivity contribution in [3.63, 3.8) is 0 Å². The Hall–Kier alpha value is -1.34. The standard InChI is InChI=1S/C14H14BrNO4S/c1-21(18,19)12-7-10(15)5-4-9(12)6-11-13(17)14(20-16-11)8-2-3-8/h4-5,7-8,17H,2-3,6H2,1H3. The number of nitrogens with zero attached hydrogens (tertiary/aromatic N) is 1. The highest BCUT2D eigenvalue weighted by molar-refractivity contribution is 9.10. The molecule has 21 heavy (non-hydrogen) atoms. The number of aromatic nitrogens is 1. The molecule has 0 amide bonds. The summed E-state index contributed by atoms with van der Waals surface area (Å²) in [5.41, 5.74) is 0.968. The minimum atomic E-state index is -3.36. The summed E-state index contributed by atoms with van der Waals surface area (Å²) in [5.74, 6) is 0.827. The van der Waals surface area contributed by atoms with Gasteiger partial charge in [-0.05, 0) is 30.5 Å². The van der Waals surface area contributed by atoms with E-state index in [0.29, 0.717) is 21.5 Å². The molecule has 0 atom stereocenters. The van der Waals surface area contributed by atoms with Crippen molar-refractivity contribution in [1.29, 1.82) is 0 Å². The van der Waals surface area contributed by atoms with Gasteiger partial charge in [-0.3, -0.25) is 0 Å². The van der Waals surface area contributed by atoms with Crippen LogP contribution in [0.5, 0.6) is 5.75 Å². The highest BCUT2D eigenvalue weighted by Crippen LogP contribution is 2.45. The molecule has 0 radical (unpaired) electrons. The second-order valence-electron chi connectivity index (χ2n) is 5.32. The van der Waals surface area contributed by atoms with Crippen molar-refractivity contribution in [1.82, 2.24) is 5.16 Å². The molecule has 0 saturated heterocycles. The van der Waals surface area contributed by atoms with Gasteiger partial charge in [0.25, 0.3) is 0 Å². The van der Waals surface area contributed by atoms with Crippen LogP contribution in [0.25, 0.3) is 0 Å². The highest BCUT2D eigenvalue weighted by Gasteiger charge is 2.32. The van der Waals surface area contributed by atoms with Crippen molar-refractivity contribution in [3.05, 3.63) is 39.7 Å². The third-order valence-corrected chi connectivity index (χ3v) is 5.17. The number of halogens is 1. The van der Waals surface area contributed by atoms with Gasteiger partial charge in [-0.15, -0.1) is 0 Å². The molecule has 1 fully saturated rings. The van der Waals surface area contributed by atoms with E-state index in [1.165, 1.54) is 0 Å². The van der Waals surface area contributed by atoms with E-state index in [1.54, 1.807) is 18.2 Å². The summed E-state index contributed by atoms with van der Waals surface area (Å²) >= 11 is 3.27. The van der Waals surface area contributed by atoms with Crippen LogP contribution in [-0.4, -0.2) is 24.9 Å². The van der Waals surface area contributed by atoms with Gasteiger partial charge in [0.05, 0.1) is 4.90 Å². The predicted molar refractivity (Wildman–Crippen MR) is 80.2 cm³/mol. The van der Waals surface area contributed by atoms with Crippen LogP contribution in [0.15, 0.2) is 32.1 Å². The zero-order chi connectivity index (χ0) is 15.2. The van der Waals surface area contributed by atoms with Crippen LogP contribution in [0, 0.1) is 0 Å². The lowest BCUT2D eigenvalue weighted by molar-refractivity contribution is 0.368. The maximum absolute atomic E-state index is 11.9. The zero-order valence-corrected chi connectivity index (χ0v) is 13.7. The smallest absolute Gasteiger partial charge is 0.182 e. The molecular formula is C14H14BrNO4S. The van der Waals surface area contributed by atoms with Crippen molar-refractivity contribution >= 4 is 25.8 Å². The van der Waals surface area contributed by atoms with Crippen molar-refractivity contribution in [2.75, 3.05) is 6.26 Å². The molecule has 3 rings (SSSR count). The van der Waals surface area contributed by atoms with Gasteiger partial charge in [-0.2, -0.15) is 0 Å². The highest BCUT2D eigenvalue weighted by atomic mass is 79.9. The Bertz CT molecular complexity index is 793. The number of rotatable bonds is 4. The lowest BCUT2D eigenvalue weighted by Crippen LogP contribution is -2.03. The molecule has 0 unspecified atom stereocenters. The van der Waals surface area contributed by atoms with E-state index >= 15 is 0 Å². The van der Waals surface area contributed by atoms with Gasteiger partial charge in [-0.25, -0.2) is 8.42 Å². The molecule has 1 heterocycles. The molecule has 1 saturated carbocycles. The molecule has 1 aromatic heterocycles. The Morgan fingerprint density at radius 1 is 1.43 bits per heavy atom.